The van der Waals surface area contributed by atoms with Gasteiger partial charge in [-0.15, -0.1) is 0 Å². The molecule has 0 heterocycles. The van der Waals surface area contributed by atoms with Gasteiger partial charge in [-0.05, 0) is 45.4 Å². The van der Waals surface area contributed by atoms with E-state index in [1.165, 1.54) is 51.4 Å². The Labute approximate surface area is 197 Å². The lowest BCUT2D eigenvalue weighted by Crippen LogP contribution is -2.24. The summed E-state index contributed by atoms with van der Waals surface area (Å²) in [5.41, 5.74) is -0.0517. The molecule has 0 fully saturated rings. The Balaban J connectivity index is -0.000000395. The fourth-order valence-electron chi connectivity index (χ4n) is 3.32. The highest BCUT2D eigenvalue weighted by Crippen LogP contribution is 2.28. The van der Waals surface area contributed by atoms with Crippen LogP contribution in [0.3, 0.4) is 0 Å². The first-order valence-corrected chi connectivity index (χ1v) is 12.2. The monoisotopic (exact) mass is 451 g/mol. The second kappa shape index (κ2) is 23.8. The summed E-state index contributed by atoms with van der Waals surface area (Å²) in [7, 11) is 0. The Morgan fingerprint density at radius 2 is 1.25 bits per heavy atom. The van der Waals surface area contributed by atoms with Crippen molar-refractivity contribution in [1.29, 1.82) is 0 Å². The van der Waals surface area contributed by atoms with Crippen LogP contribution in [0.5, 0.6) is 0 Å². The highest BCUT2D eigenvalue weighted by atomic mass is 16.1. The Kier molecular flexibility index (Phi) is 25.8. The fraction of sp³-hybridized carbons (Fsp3) is 0.885. The van der Waals surface area contributed by atoms with Crippen LogP contribution in [-0.2, 0) is 14.4 Å². The molecule has 0 aliphatic carbocycles. The van der Waals surface area contributed by atoms with Gasteiger partial charge in [-0.1, -0.05) is 86.0 Å². The van der Waals surface area contributed by atoms with Gasteiger partial charge in [-0.2, -0.15) is 4.99 Å². The van der Waals surface area contributed by atoms with Crippen LogP contribution in [0.15, 0.2) is 15.0 Å². The standard InChI is InChI=1S/2C9H17NO.C8H15NO/c1-8(2,3)6-9(4,5)10-7-11;1-2-3-4-5-6-7-8-10-9-11;1-3-4-5-6-8(2)9-7-10/h6H2,1-5H3;2-8H2,1H3;8H,3-6H2,1-2H3. The Morgan fingerprint density at radius 3 is 1.72 bits per heavy atom. The Bertz CT molecular complexity index is 563. The maximum absolute atomic E-state index is 10.0. The lowest BCUT2D eigenvalue weighted by molar-refractivity contribution is 0.288. The average Bonchev–Trinajstić information content (AvgIpc) is 2.67. The van der Waals surface area contributed by atoms with Gasteiger partial charge in [0, 0.05) is 0 Å². The van der Waals surface area contributed by atoms with Crippen LogP contribution in [0.1, 0.15) is 126 Å². The summed E-state index contributed by atoms with van der Waals surface area (Å²) in [6, 6.07) is 0.170. The Hall–Kier alpha value is -1.86. The van der Waals surface area contributed by atoms with Crippen molar-refractivity contribution < 1.29 is 14.4 Å². The van der Waals surface area contributed by atoms with Crippen molar-refractivity contribution in [2.24, 2.45) is 20.4 Å². The number of hydrogen-bond acceptors (Lipinski definition) is 6. The molecule has 0 saturated carbocycles. The lowest BCUT2D eigenvalue weighted by atomic mass is 9.82. The number of nitrogens with zero attached hydrogens (tertiary/aromatic N) is 3. The zero-order valence-electron chi connectivity index (χ0n) is 22.1. The van der Waals surface area contributed by atoms with Crippen molar-refractivity contribution in [3.63, 3.8) is 0 Å². The summed E-state index contributed by atoms with van der Waals surface area (Å²) in [4.78, 5) is 40.2. The molecule has 0 bridgehead atoms. The summed E-state index contributed by atoms with van der Waals surface area (Å²) in [6.07, 6.45) is 17.7. The van der Waals surface area contributed by atoms with Gasteiger partial charge >= 0.3 is 0 Å². The van der Waals surface area contributed by atoms with Gasteiger partial charge in [0.2, 0.25) is 18.2 Å². The fourth-order valence-corrected chi connectivity index (χ4v) is 3.32. The molecular weight excluding hydrogens is 402 g/mol. The van der Waals surface area contributed by atoms with Gasteiger partial charge in [-0.3, -0.25) is 0 Å². The van der Waals surface area contributed by atoms with Crippen molar-refractivity contribution in [2.45, 2.75) is 138 Å². The molecule has 0 aliphatic rings. The van der Waals surface area contributed by atoms with Crippen molar-refractivity contribution in [1.82, 2.24) is 0 Å². The first kappa shape index (κ1) is 34.7. The smallest absolute Gasteiger partial charge is 0.211 e. The maximum Gasteiger partial charge on any atom is 0.235 e. The largest absolute Gasteiger partial charge is 0.235 e. The van der Waals surface area contributed by atoms with Gasteiger partial charge in [0.15, 0.2) is 0 Å². The topological polar surface area (TPSA) is 88.3 Å². The van der Waals surface area contributed by atoms with Crippen molar-refractivity contribution >= 4 is 18.2 Å². The highest BCUT2D eigenvalue weighted by molar-refractivity contribution is 5.34. The third kappa shape index (κ3) is 35.6. The minimum absolute atomic E-state index is 0.170. The quantitative estimate of drug-likeness (QED) is 0.155. The number of isocyanates is 3. The predicted molar refractivity (Wildman–Crippen MR) is 134 cm³/mol. The third-order valence-corrected chi connectivity index (χ3v) is 4.50. The van der Waals surface area contributed by atoms with Crippen molar-refractivity contribution in [3.05, 3.63) is 0 Å². The molecule has 186 valence electrons. The first-order chi connectivity index (χ1) is 15.0. The minimum Gasteiger partial charge on any atom is -0.211 e. The molecule has 32 heavy (non-hydrogen) atoms. The molecule has 0 aliphatic heterocycles. The van der Waals surface area contributed by atoms with Crippen molar-refractivity contribution in [3.8, 4) is 0 Å². The number of rotatable bonds is 14. The SMILES string of the molecule is CC(C)(C)CC(C)(C)N=C=O.CCCCCC(C)N=C=O.CCCCCCCCN=C=O. The Morgan fingerprint density at radius 1 is 0.719 bits per heavy atom. The van der Waals surface area contributed by atoms with Gasteiger partial charge in [0.1, 0.15) is 0 Å². The molecule has 0 radical (unpaired) electrons. The number of aliphatic imine (C=N–C) groups is 3. The van der Waals surface area contributed by atoms with E-state index in [-0.39, 0.29) is 17.0 Å². The van der Waals surface area contributed by atoms with Crippen LogP contribution in [0, 0.1) is 5.41 Å². The predicted octanol–water partition coefficient (Wildman–Crippen LogP) is 7.51. The zero-order chi connectivity index (χ0) is 25.3. The van der Waals surface area contributed by atoms with E-state index in [2.05, 4.69) is 49.6 Å². The van der Waals surface area contributed by atoms with E-state index in [9.17, 15) is 14.4 Å². The van der Waals surface area contributed by atoms with E-state index in [0.717, 1.165) is 19.3 Å². The summed E-state index contributed by atoms with van der Waals surface area (Å²) >= 11 is 0. The molecule has 1 atom stereocenters. The van der Waals surface area contributed by atoms with E-state index < -0.39 is 0 Å². The second-order valence-corrected chi connectivity index (χ2v) is 10.1. The normalized spacial score (nSPS) is 11.2. The third-order valence-electron chi connectivity index (χ3n) is 4.50. The highest BCUT2D eigenvalue weighted by Gasteiger charge is 2.24. The summed E-state index contributed by atoms with van der Waals surface area (Å²) in [5, 5.41) is 0. The van der Waals surface area contributed by atoms with Crippen LogP contribution in [0.4, 0.5) is 0 Å². The first-order valence-electron chi connectivity index (χ1n) is 12.2. The van der Waals surface area contributed by atoms with Crippen LogP contribution in [-0.4, -0.2) is 36.4 Å². The van der Waals surface area contributed by atoms with E-state index in [0.29, 0.717) is 6.54 Å². The lowest BCUT2D eigenvalue weighted by Gasteiger charge is -2.27. The molecule has 0 amide bonds. The molecule has 0 spiro atoms. The average molecular weight is 452 g/mol. The maximum atomic E-state index is 10.0. The van der Waals surface area contributed by atoms with E-state index in [1.807, 2.05) is 20.8 Å². The van der Waals surface area contributed by atoms with E-state index >= 15 is 0 Å². The van der Waals surface area contributed by atoms with Crippen LogP contribution in [0.25, 0.3) is 0 Å². The van der Waals surface area contributed by atoms with Gasteiger partial charge < -0.3 is 0 Å². The van der Waals surface area contributed by atoms with Gasteiger partial charge in [0.25, 0.3) is 0 Å². The van der Waals surface area contributed by atoms with Crippen LogP contribution in [0.2, 0.25) is 0 Å². The van der Waals surface area contributed by atoms with E-state index in [1.54, 1.807) is 18.2 Å². The molecule has 0 N–H and O–H groups in total. The molecule has 0 rings (SSSR count). The molecule has 1 unspecified atom stereocenters. The minimum atomic E-state index is -0.264. The molecule has 6 nitrogen and oxygen atoms in total. The van der Waals surface area contributed by atoms with Crippen LogP contribution >= 0.6 is 0 Å². The molecule has 6 heteroatoms. The molecule has 0 aromatic carbocycles. The van der Waals surface area contributed by atoms with Gasteiger partial charge in [0.05, 0.1) is 18.1 Å². The second-order valence-electron chi connectivity index (χ2n) is 10.1. The molecule has 0 aromatic rings. The van der Waals surface area contributed by atoms with E-state index in [4.69, 9.17) is 0 Å². The zero-order valence-corrected chi connectivity index (χ0v) is 22.1. The number of unbranched alkanes of at least 4 members (excludes halogenated alkanes) is 7. The number of hydrogen-bond donors (Lipinski definition) is 0. The van der Waals surface area contributed by atoms with Crippen LogP contribution < -0.4 is 0 Å². The van der Waals surface area contributed by atoms with Gasteiger partial charge in [-0.25, -0.2) is 24.4 Å². The molecule has 0 saturated heterocycles. The number of carbonyl (C=O) groups excluding carboxylic acids is 3. The summed E-state index contributed by atoms with van der Waals surface area (Å²) in [6.45, 7) is 17.3. The summed E-state index contributed by atoms with van der Waals surface area (Å²) in [5.74, 6) is 0. The van der Waals surface area contributed by atoms with Crippen molar-refractivity contribution in [2.75, 3.05) is 6.54 Å². The summed E-state index contributed by atoms with van der Waals surface area (Å²) < 4.78 is 0. The molecular formula is C26H49N3O3. The molecule has 0 aromatic heterocycles.